The van der Waals surface area contributed by atoms with Gasteiger partial charge in [0.05, 0.1) is 0 Å². The van der Waals surface area contributed by atoms with Gasteiger partial charge in [0.1, 0.15) is 18.2 Å². The van der Waals surface area contributed by atoms with E-state index >= 15 is 0 Å². The molecule has 0 spiro atoms. The van der Waals surface area contributed by atoms with Crippen molar-refractivity contribution in [2.45, 2.75) is 77.5 Å². The summed E-state index contributed by atoms with van der Waals surface area (Å²) < 4.78 is 10.6. The number of esters is 2. The molecular weight excluding hydrogens is 350 g/mol. The van der Waals surface area contributed by atoms with Crippen LogP contribution < -0.4 is 5.73 Å². The second-order valence-electron chi connectivity index (χ2n) is 6.78. The molecule has 7 nitrogen and oxygen atoms in total. The van der Waals surface area contributed by atoms with E-state index < -0.39 is 24.2 Å². The van der Waals surface area contributed by atoms with Crippen LogP contribution in [0.3, 0.4) is 0 Å². The average molecular weight is 381 g/mol. The minimum atomic E-state index is -0.937. The van der Waals surface area contributed by atoms with Gasteiger partial charge in [-0.15, -0.1) is 0 Å². The van der Waals surface area contributed by atoms with Gasteiger partial charge < -0.3 is 25.4 Å². The Morgan fingerprint density at radius 1 is 1.04 bits per heavy atom. The summed E-state index contributed by atoms with van der Waals surface area (Å²) in [7, 11) is 0. The summed E-state index contributed by atoms with van der Waals surface area (Å²) in [5, 5.41) is 18.8. The van der Waals surface area contributed by atoms with Gasteiger partial charge in [-0.1, -0.05) is 32.3 Å². The number of aromatic hydroxyl groups is 2. The van der Waals surface area contributed by atoms with Crippen LogP contribution >= 0.6 is 0 Å². The van der Waals surface area contributed by atoms with Crippen molar-refractivity contribution in [3.8, 4) is 11.5 Å². The molecule has 27 heavy (non-hydrogen) atoms. The van der Waals surface area contributed by atoms with Crippen LogP contribution in [0.25, 0.3) is 0 Å². The number of hydrogen-bond acceptors (Lipinski definition) is 7. The Bertz CT molecular complexity index is 618. The smallest absolute Gasteiger partial charge is 0.323 e. The highest BCUT2D eigenvalue weighted by atomic mass is 16.6. The first-order valence-corrected chi connectivity index (χ1v) is 9.41. The maximum absolute atomic E-state index is 12.1. The first kappa shape index (κ1) is 22.8. The van der Waals surface area contributed by atoms with Crippen LogP contribution in [0.15, 0.2) is 18.2 Å². The van der Waals surface area contributed by atoms with Crippen LogP contribution in [0.5, 0.6) is 11.5 Å². The van der Waals surface area contributed by atoms with E-state index in [-0.39, 0.29) is 23.9 Å². The Balaban J connectivity index is 2.42. The predicted octanol–water partition coefficient (Wildman–Crippen LogP) is 2.80. The molecular formula is C20H31NO6. The lowest BCUT2D eigenvalue weighted by Crippen LogP contribution is -2.39. The van der Waals surface area contributed by atoms with Crippen molar-refractivity contribution in [2.24, 2.45) is 5.73 Å². The number of ether oxygens (including phenoxy) is 2. The third kappa shape index (κ3) is 8.30. The number of carbonyl (C=O) groups excluding carboxylic acids is 2. The van der Waals surface area contributed by atoms with E-state index in [9.17, 15) is 19.8 Å². The molecule has 0 saturated heterocycles. The van der Waals surface area contributed by atoms with Crippen molar-refractivity contribution >= 4 is 11.9 Å². The summed E-state index contributed by atoms with van der Waals surface area (Å²) in [5.74, 6) is -1.44. The first-order chi connectivity index (χ1) is 12.7. The molecule has 0 amide bonds. The van der Waals surface area contributed by atoms with Crippen LogP contribution in [-0.4, -0.2) is 40.4 Å². The summed E-state index contributed by atoms with van der Waals surface area (Å²) in [6.07, 6.45) is 3.27. The van der Waals surface area contributed by atoms with Crippen molar-refractivity contribution < 1.29 is 29.3 Å². The van der Waals surface area contributed by atoms with E-state index in [1.54, 1.807) is 19.9 Å². The fraction of sp³-hybridized carbons (Fsp3) is 0.600. The highest BCUT2D eigenvalue weighted by Crippen LogP contribution is 2.25. The van der Waals surface area contributed by atoms with Gasteiger partial charge in [-0.3, -0.25) is 9.59 Å². The van der Waals surface area contributed by atoms with Gasteiger partial charge >= 0.3 is 11.9 Å². The van der Waals surface area contributed by atoms with Crippen molar-refractivity contribution in [1.29, 1.82) is 0 Å². The molecule has 4 N–H and O–H groups in total. The molecule has 152 valence electrons. The Labute approximate surface area is 160 Å². The predicted molar refractivity (Wildman–Crippen MR) is 101 cm³/mol. The van der Waals surface area contributed by atoms with Gasteiger partial charge in [-0.25, -0.2) is 0 Å². The molecule has 0 aliphatic carbocycles. The maximum Gasteiger partial charge on any atom is 0.323 e. The zero-order valence-electron chi connectivity index (χ0n) is 16.3. The number of benzene rings is 1. The van der Waals surface area contributed by atoms with Crippen LogP contribution in [-0.2, 0) is 25.5 Å². The fourth-order valence-corrected chi connectivity index (χ4v) is 2.46. The topological polar surface area (TPSA) is 119 Å². The monoisotopic (exact) mass is 381 g/mol. The van der Waals surface area contributed by atoms with Crippen molar-refractivity contribution in [1.82, 2.24) is 0 Å². The number of rotatable bonds is 11. The fourth-order valence-electron chi connectivity index (χ4n) is 2.46. The van der Waals surface area contributed by atoms with E-state index in [2.05, 4.69) is 6.92 Å². The zero-order chi connectivity index (χ0) is 20.4. The molecule has 1 aromatic carbocycles. The largest absolute Gasteiger partial charge is 0.504 e. The third-order valence-corrected chi connectivity index (χ3v) is 4.31. The van der Waals surface area contributed by atoms with Gasteiger partial charge in [-0.2, -0.15) is 0 Å². The summed E-state index contributed by atoms with van der Waals surface area (Å²) in [4.78, 5) is 24.0. The lowest BCUT2D eigenvalue weighted by molar-refractivity contribution is -0.166. The van der Waals surface area contributed by atoms with Gasteiger partial charge in [0, 0.05) is 6.42 Å². The van der Waals surface area contributed by atoms with E-state index in [1.807, 2.05) is 0 Å². The lowest BCUT2D eigenvalue weighted by Gasteiger charge is -2.22. The molecule has 1 rings (SSSR count). The van der Waals surface area contributed by atoms with Gasteiger partial charge in [0.15, 0.2) is 11.5 Å². The van der Waals surface area contributed by atoms with E-state index in [4.69, 9.17) is 15.2 Å². The summed E-state index contributed by atoms with van der Waals surface area (Å²) in [6, 6.07) is 3.30. The second kappa shape index (κ2) is 11.4. The molecule has 0 saturated carbocycles. The minimum Gasteiger partial charge on any atom is -0.504 e. The van der Waals surface area contributed by atoms with Gasteiger partial charge in [0.25, 0.3) is 0 Å². The number of hydrogen-bond donors (Lipinski definition) is 3. The molecule has 0 heterocycles. The number of phenolic OH excluding ortho intramolecular Hbond substituents is 2. The number of carbonyl (C=O) groups is 2. The van der Waals surface area contributed by atoms with Crippen molar-refractivity contribution in [2.75, 3.05) is 0 Å². The first-order valence-electron chi connectivity index (χ1n) is 9.41. The molecule has 1 aromatic rings. The molecule has 0 aromatic heterocycles. The van der Waals surface area contributed by atoms with E-state index in [1.165, 1.54) is 12.1 Å². The number of unbranched alkanes of at least 4 members (excludes halogenated alkanes) is 3. The van der Waals surface area contributed by atoms with Crippen molar-refractivity contribution in [3.63, 3.8) is 0 Å². The number of phenols is 2. The van der Waals surface area contributed by atoms with E-state index in [0.717, 1.165) is 25.7 Å². The summed E-state index contributed by atoms with van der Waals surface area (Å²) in [5.41, 5.74) is 6.45. The SMILES string of the molecule is CCCCCCC(=O)O[C@@H](C)[C@H](C)OC(=O)[C@@H](N)Cc1ccc(O)c(O)c1. The van der Waals surface area contributed by atoms with Crippen LogP contribution in [0.1, 0.15) is 58.4 Å². The number of nitrogens with two attached hydrogens (primary N) is 1. The quantitative estimate of drug-likeness (QED) is 0.306. The normalized spacial score (nSPS) is 14.2. The molecule has 0 unspecified atom stereocenters. The Morgan fingerprint density at radius 3 is 2.33 bits per heavy atom. The molecule has 0 aliphatic heterocycles. The minimum absolute atomic E-state index is 0.144. The van der Waals surface area contributed by atoms with Gasteiger partial charge in [0.2, 0.25) is 0 Å². The van der Waals surface area contributed by atoms with Crippen LogP contribution in [0.4, 0.5) is 0 Å². The third-order valence-electron chi connectivity index (χ3n) is 4.31. The Morgan fingerprint density at radius 2 is 1.70 bits per heavy atom. The molecule has 0 aliphatic rings. The van der Waals surface area contributed by atoms with Crippen LogP contribution in [0.2, 0.25) is 0 Å². The zero-order valence-corrected chi connectivity index (χ0v) is 16.3. The standard InChI is InChI=1S/C20H31NO6/c1-4-5-6-7-8-19(24)26-13(2)14(3)27-20(25)16(21)11-15-9-10-17(22)18(23)12-15/h9-10,12-14,16,22-23H,4-8,11,21H2,1-3H3/t13-,14-,16-/m0/s1. The maximum atomic E-state index is 12.1. The molecule has 7 heteroatoms. The summed E-state index contributed by atoms with van der Waals surface area (Å²) in [6.45, 7) is 5.42. The van der Waals surface area contributed by atoms with Crippen LogP contribution in [0, 0.1) is 0 Å². The highest BCUT2D eigenvalue weighted by molar-refractivity contribution is 5.76. The Kier molecular flexibility index (Phi) is 9.64. The molecule has 3 atom stereocenters. The lowest BCUT2D eigenvalue weighted by atomic mass is 10.1. The Hall–Kier alpha value is -2.28. The van der Waals surface area contributed by atoms with E-state index in [0.29, 0.717) is 12.0 Å². The highest BCUT2D eigenvalue weighted by Gasteiger charge is 2.24. The molecule has 0 bridgehead atoms. The molecule has 0 fully saturated rings. The average Bonchev–Trinajstić information content (AvgIpc) is 2.61. The molecule has 0 radical (unpaired) electrons. The van der Waals surface area contributed by atoms with Gasteiger partial charge in [-0.05, 0) is 44.4 Å². The second-order valence-corrected chi connectivity index (χ2v) is 6.78. The summed E-state index contributed by atoms with van der Waals surface area (Å²) >= 11 is 0. The van der Waals surface area contributed by atoms with Crippen molar-refractivity contribution in [3.05, 3.63) is 23.8 Å².